The first-order valence-corrected chi connectivity index (χ1v) is 10.6. The van der Waals surface area contributed by atoms with Crippen LogP contribution in [0, 0.1) is 16.7 Å². The summed E-state index contributed by atoms with van der Waals surface area (Å²) in [7, 11) is 0. The molecule has 3 unspecified atom stereocenters. The Morgan fingerprint density at radius 2 is 2.03 bits per heavy atom. The van der Waals surface area contributed by atoms with Gasteiger partial charge in [-0.1, -0.05) is 41.4 Å². The number of halogens is 1. The maximum atomic E-state index is 12.4. The topological polar surface area (TPSA) is 107 Å². The Balaban J connectivity index is 1.80. The van der Waals surface area contributed by atoms with Crippen LogP contribution in [0.5, 0.6) is 0 Å². The Labute approximate surface area is 180 Å². The number of amides is 2. The standard InChI is InChI=1S/C21H28BrN5O2/c1-14-10-16(4-7-21(14,2)3)27-17(11-23)19(22)20(29)26-13-18(28)25-12-15-5-8-24-9-6-15/h5-6,8-10,16-17,19,27H,4,7,12-13H2,1-3H3,(H,25,28)(H,26,29). The molecule has 0 aromatic carbocycles. The zero-order chi connectivity index (χ0) is 21.4. The van der Waals surface area contributed by atoms with Crippen LogP contribution in [0.25, 0.3) is 0 Å². The van der Waals surface area contributed by atoms with Crippen LogP contribution in [0.4, 0.5) is 0 Å². The van der Waals surface area contributed by atoms with E-state index >= 15 is 0 Å². The molecular weight excluding hydrogens is 434 g/mol. The molecule has 8 heteroatoms. The van der Waals surface area contributed by atoms with E-state index in [9.17, 15) is 14.9 Å². The molecular formula is C21H28BrN5O2. The van der Waals surface area contributed by atoms with Crippen molar-refractivity contribution in [1.82, 2.24) is 20.9 Å². The number of alkyl halides is 1. The summed E-state index contributed by atoms with van der Waals surface area (Å²) in [6.07, 6.45) is 7.36. The van der Waals surface area contributed by atoms with E-state index in [1.54, 1.807) is 24.5 Å². The summed E-state index contributed by atoms with van der Waals surface area (Å²) < 4.78 is 0. The van der Waals surface area contributed by atoms with Gasteiger partial charge in [-0.2, -0.15) is 5.26 Å². The van der Waals surface area contributed by atoms with Gasteiger partial charge in [-0.25, -0.2) is 0 Å². The van der Waals surface area contributed by atoms with Gasteiger partial charge in [0.15, 0.2) is 0 Å². The smallest absolute Gasteiger partial charge is 0.239 e. The minimum atomic E-state index is -0.760. The van der Waals surface area contributed by atoms with Crippen molar-refractivity contribution in [2.45, 2.75) is 57.1 Å². The number of nitrogens with one attached hydrogen (secondary N) is 3. The summed E-state index contributed by atoms with van der Waals surface area (Å²) in [4.78, 5) is 27.5. The molecule has 0 saturated heterocycles. The van der Waals surface area contributed by atoms with Gasteiger partial charge >= 0.3 is 0 Å². The van der Waals surface area contributed by atoms with Crippen molar-refractivity contribution in [2.24, 2.45) is 5.41 Å². The maximum Gasteiger partial charge on any atom is 0.239 e. The second kappa shape index (κ2) is 10.5. The monoisotopic (exact) mass is 461 g/mol. The van der Waals surface area contributed by atoms with E-state index in [1.807, 2.05) is 0 Å². The largest absolute Gasteiger partial charge is 0.350 e. The molecule has 0 saturated carbocycles. The minimum absolute atomic E-state index is 0.0455. The summed E-state index contributed by atoms with van der Waals surface area (Å²) in [5, 5.41) is 18.0. The maximum absolute atomic E-state index is 12.4. The highest BCUT2D eigenvalue weighted by Crippen LogP contribution is 2.36. The van der Waals surface area contributed by atoms with Crippen molar-refractivity contribution < 1.29 is 9.59 Å². The number of nitriles is 1. The van der Waals surface area contributed by atoms with Crippen LogP contribution < -0.4 is 16.0 Å². The summed E-state index contributed by atoms with van der Waals surface area (Å²) in [6, 6.07) is 5.10. The molecule has 1 aliphatic rings. The van der Waals surface area contributed by atoms with E-state index < -0.39 is 16.8 Å². The summed E-state index contributed by atoms with van der Waals surface area (Å²) >= 11 is 3.30. The molecule has 0 radical (unpaired) electrons. The minimum Gasteiger partial charge on any atom is -0.350 e. The van der Waals surface area contributed by atoms with Crippen LogP contribution >= 0.6 is 15.9 Å². The van der Waals surface area contributed by atoms with Crippen molar-refractivity contribution in [3.05, 3.63) is 41.7 Å². The molecule has 1 aromatic heterocycles. The van der Waals surface area contributed by atoms with Gasteiger partial charge in [-0.3, -0.25) is 19.9 Å². The molecule has 3 atom stereocenters. The van der Waals surface area contributed by atoms with E-state index in [4.69, 9.17) is 0 Å². The van der Waals surface area contributed by atoms with Crippen molar-refractivity contribution >= 4 is 27.7 Å². The molecule has 3 N–H and O–H groups in total. The number of pyridine rings is 1. The van der Waals surface area contributed by atoms with Gasteiger partial charge in [0.1, 0.15) is 10.9 Å². The van der Waals surface area contributed by atoms with Crippen LogP contribution in [0.1, 0.15) is 39.2 Å². The Kier molecular flexibility index (Phi) is 8.35. The van der Waals surface area contributed by atoms with E-state index in [0.717, 1.165) is 18.4 Å². The second-order valence-corrected chi connectivity index (χ2v) is 8.89. The Morgan fingerprint density at radius 3 is 2.66 bits per heavy atom. The highest BCUT2D eigenvalue weighted by atomic mass is 79.9. The molecule has 2 amide bonds. The molecule has 29 heavy (non-hydrogen) atoms. The van der Waals surface area contributed by atoms with Crippen molar-refractivity contribution in [2.75, 3.05) is 6.54 Å². The normalized spacial score (nSPS) is 20.0. The van der Waals surface area contributed by atoms with Gasteiger partial charge in [0.25, 0.3) is 0 Å². The van der Waals surface area contributed by atoms with Crippen molar-refractivity contribution in [3.8, 4) is 6.07 Å². The fraction of sp³-hybridized carbons (Fsp3) is 0.524. The fourth-order valence-electron chi connectivity index (χ4n) is 3.05. The first kappa shape index (κ1) is 23.0. The van der Waals surface area contributed by atoms with Crippen LogP contribution in [0.15, 0.2) is 36.2 Å². The van der Waals surface area contributed by atoms with Crippen molar-refractivity contribution in [3.63, 3.8) is 0 Å². The third kappa shape index (κ3) is 6.94. The third-order valence-electron chi connectivity index (χ3n) is 5.34. The van der Waals surface area contributed by atoms with E-state index in [2.05, 4.69) is 69.8 Å². The predicted octanol–water partition coefficient (Wildman–Crippen LogP) is 2.19. The average Bonchev–Trinajstić information content (AvgIpc) is 2.71. The highest BCUT2D eigenvalue weighted by Gasteiger charge is 2.31. The quantitative estimate of drug-likeness (QED) is 0.406. The molecule has 2 rings (SSSR count). The number of aromatic nitrogens is 1. The number of rotatable bonds is 8. The highest BCUT2D eigenvalue weighted by molar-refractivity contribution is 9.10. The molecule has 0 aliphatic heterocycles. The summed E-state index contributed by atoms with van der Waals surface area (Å²) in [5.41, 5.74) is 2.36. The average molecular weight is 462 g/mol. The van der Waals surface area contributed by atoms with Gasteiger partial charge in [-0.15, -0.1) is 0 Å². The lowest BCUT2D eigenvalue weighted by molar-refractivity contribution is -0.125. The fourth-order valence-corrected chi connectivity index (χ4v) is 3.49. The van der Waals surface area contributed by atoms with Gasteiger partial charge in [0.05, 0.1) is 12.6 Å². The number of hydrogen-bond acceptors (Lipinski definition) is 5. The van der Waals surface area contributed by atoms with Crippen LogP contribution in [0.2, 0.25) is 0 Å². The second-order valence-electron chi connectivity index (χ2n) is 7.90. The molecule has 1 aliphatic carbocycles. The zero-order valence-corrected chi connectivity index (χ0v) is 18.6. The number of hydrogen-bond donors (Lipinski definition) is 3. The lowest BCUT2D eigenvalue weighted by Crippen LogP contribution is -2.50. The Bertz CT molecular complexity index is 788. The van der Waals surface area contributed by atoms with Crippen molar-refractivity contribution in [1.29, 1.82) is 5.26 Å². The number of nitrogens with zero attached hydrogens (tertiary/aromatic N) is 2. The number of allylic oxidation sites excluding steroid dienone is 1. The molecule has 1 heterocycles. The lowest BCUT2D eigenvalue weighted by Gasteiger charge is -2.35. The van der Waals surface area contributed by atoms with Crippen LogP contribution in [0.3, 0.4) is 0 Å². The number of carbonyl (C=O) groups excluding carboxylic acids is 2. The Hall–Kier alpha value is -2.24. The molecule has 156 valence electrons. The molecule has 0 spiro atoms. The van der Waals surface area contributed by atoms with Gasteiger partial charge in [0.2, 0.25) is 11.8 Å². The number of carbonyl (C=O) groups is 2. The van der Waals surface area contributed by atoms with Crippen LogP contribution in [-0.4, -0.2) is 40.3 Å². The molecule has 0 fully saturated rings. The predicted molar refractivity (Wildman–Crippen MR) is 115 cm³/mol. The summed E-state index contributed by atoms with van der Waals surface area (Å²) in [5.74, 6) is -0.704. The van der Waals surface area contributed by atoms with Gasteiger partial charge < -0.3 is 10.6 Å². The van der Waals surface area contributed by atoms with E-state index in [1.165, 1.54) is 5.57 Å². The Morgan fingerprint density at radius 1 is 1.34 bits per heavy atom. The first-order chi connectivity index (χ1) is 13.7. The van der Waals surface area contributed by atoms with Gasteiger partial charge in [0, 0.05) is 25.0 Å². The first-order valence-electron chi connectivity index (χ1n) is 9.65. The van der Waals surface area contributed by atoms with E-state index in [-0.39, 0.29) is 23.9 Å². The van der Waals surface area contributed by atoms with Gasteiger partial charge in [-0.05, 0) is 42.9 Å². The molecule has 1 aromatic rings. The summed E-state index contributed by atoms with van der Waals surface area (Å²) in [6.45, 7) is 6.72. The van der Waals surface area contributed by atoms with Crippen LogP contribution in [-0.2, 0) is 16.1 Å². The third-order valence-corrected chi connectivity index (χ3v) is 6.28. The molecule has 0 bridgehead atoms. The zero-order valence-electron chi connectivity index (χ0n) is 17.0. The van der Waals surface area contributed by atoms with E-state index in [0.29, 0.717) is 6.54 Å². The molecule has 7 nitrogen and oxygen atoms in total. The SMILES string of the molecule is CC1=CC(NC(C#N)C(Br)C(=O)NCC(=O)NCc2ccncc2)CCC1(C)C. The lowest BCUT2D eigenvalue weighted by atomic mass is 9.75.